The van der Waals surface area contributed by atoms with Gasteiger partial charge in [0, 0.05) is 35.0 Å². The van der Waals surface area contributed by atoms with Gasteiger partial charge in [-0.05, 0) is 48.1 Å². The molecular weight excluding hydrogens is 378 g/mol. The summed E-state index contributed by atoms with van der Waals surface area (Å²) in [5, 5.41) is 3.84. The van der Waals surface area contributed by atoms with Crippen LogP contribution in [0.15, 0.2) is 47.2 Å². The molecule has 0 amide bonds. The Morgan fingerprint density at radius 2 is 2.08 bits per heavy atom. The second-order valence-electron chi connectivity index (χ2n) is 5.91. The standard InChI is InChI=1S/C18H20ClNO3S2/c19-16-7-5-15(6-8-16)9-12-25(21,22)20(13-17-3-1-10-23-17)14-18-4-2-11-24-18/h2,4-9,11-12,17H,1,3,10,13-14H2/b12-9+/t17-/m0/s1. The minimum Gasteiger partial charge on any atom is -0.377 e. The Labute approximate surface area is 157 Å². The molecule has 4 nitrogen and oxygen atoms in total. The molecule has 0 N–H and O–H groups in total. The largest absolute Gasteiger partial charge is 0.377 e. The Kier molecular flexibility index (Phi) is 6.30. The average molecular weight is 398 g/mol. The van der Waals surface area contributed by atoms with Gasteiger partial charge in [0.2, 0.25) is 10.0 Å². The topological polar surface area (TPSA) is 46.6 Å². The number of hydrogen-bond donors (Lipinski definition) is 0. The maximum atomic E-state index is 12.8. The fourth-order valence-electron chi connectivity index (χ4n) is 2.67. The second kappa shape index (κ2) is 8.47. The highest BCUT2D eigenvalue weighted by Crippen LogP contribution is 2.21. The third-order valence-corrected chi connectivity index (χ3v) is 6.60. The summed E-state index contributed by atoms with van der Waals surface area (Å²) in [4.78, 5) is 1.02. The number of benzene rings is 1. The quantitative estimate of drug-likeness (QED) is 0.696. The van der Waals surface area contributed by atoms with E-state index in [0.717, 1.165) is 23.3 Å². The molecule has 25 heavy (non-hydrogen) atoms. The van der Waals surface area contributed by atoms with E-state index in [4.69, 9.17) is 16.3 Å². The van der Waals surface area contributed by atoms with Crippen molar-refractivity contribution in [3.8, 4) is 0 Å². The molecule has 2 heterocycles. The van der Waals surface area contributed by atoms with Crippen LogP contribution in [0.3, 0.4) is 0 Å². The molecule has 0 aliphatic carbocycles. The highest BCUT2D eigenvalue weighted by Gasteiger charge is 2.26. The first kappa shape index (κ1) is 18.6. The van der Waals surface area contributed by atoms with Gasteiger partial charge in [0.25, 0.3) is 0 Å². The van der Waals surface area contributed by atoms with E-state index in [1.54, 1.807) is 41.7 Å². The summed E-state index contributed by atoms with van der Waals surface area (Å²) in [7, 11) is -3.55. The normalized spacial score (nSPS) is 18.4. The molecule has 0 radical (unpaired) electrons. The van der Waals surface area contributed by atoms with Gasteiger partial charge < -0.3 is 4.74 Å². The lowest BCUT2D eigenvalue weighted by molar-refractivity contribution is 0.0930. The zero-order valence-electron chi connectivity index (χ0n) is 13.7. The predicted octanol–water partition coefficient (Wildman–Crippen LogP) is 4.38. The minimum absolute atomic E-state index is 0.0290. The van der Waals surface area contributed by atoms with Crippen molar-refractivity contribution in [2.75, 3.05) is 13.2 Å². The molecule has 1 aromatic heterocycles. The number of sulfonamides is 1. The molecule has 134 valence electrons. The van der Waals surface area contributed by atoms with Gasteiger partial charge in [-0.3, -0.25) is 0 Å². The third-order valence-electron chi connectivity index (χ3n) is 4.01. The molecule has 3 rings (SSSR count). The third kappa shape index (κ3) is 5.39. The lowest BCUT2D eigenvalue weighted by Gasteiger charge is -2.22. The van der Waals surface area contributed by atoms with E-state index in [9.17, 15) is 8.42 Å². The SMILES string of the molecule is O=S(=O)(/C=C/c1ccc(Cl)cc1)N(Cc1cccs1)C[C@@H]1CCCO1. The lowest BCUT2D eigenvalue weighted by Crippen LogP contribution is -2.35. The van der Waals surface area contributed by atoms with Gasteiger partial charge in [-0.25, -0.2) is 8.42 Å². The van der Waals surface area contributed by atoms with E-state index in [0.29, 0.717) is 24.7 Å². The zero-order valence-corrected chi connectivity index (χ0v) is 16.1. The molecule has 2 aromatic rings. The summed E-state index contributed by atoms with van der Waals surface area (Å²) in [5.74, 6) is 0. The molecule has 0 spiro atoms. The number of halogens is 1. The molecule has 1 aliphatic rings. The van der Waals surface area contributed by atoms with Gasteiger partial charge in [0.15, 0.2) is 0 Å². The van der Waals surface area contributed by atoms with E-state index in [2.05, 4.69) is 0 Å². The first-order valence-electron chi connectivity index (χ1n) is 8.11. The van der Waals surface area contributed by atoms with Crippen molar-refractivity contribution in [2.45, 2.75) is 25.5 Å². The molecule has 1 aliphatic heterocycles. The van der Waals surface area contributed by atoms with Crippen LogP contribution in [0.2, 0.25) is 5.02 Å². The van der Waals surface area contributed by atoms with Crippen LogP contribution >= 0.6 is 22.9 Å². The van der Waals surface area contributed by atoms with Crippen LogP contribution in [-0.2, 0) is 21.3 Å². The Bertz CT molecular complexity index is 795. The van der Waals surface area contributed by atoms with E-state index >= 15 is 0 Å². The number of nitrogens with zero attached hydrogens (tertiary/aromatic N) is 1. The maximum Gasteiger partial charge on any atom is 0.236 e. The van der Waals surface area contributed by atoms with Crippen LogP contribution < -0.4 is 0 Å². The van der Waals surface area contributed by atoms with Gasteiger partial charge in [-0.15, -0.1) is 11.3 Å². The van der Waals surface area contributed by atoms with Gasteiger partial charge in [-0.1, -0.05) is 29.8 Å². The molecule has 0 saturated carbocycles. The Morgan fingerprint density at radius 1 is 1.28 bits per heavy atom. The highest BCUT2D eigenvalue weighted by molar-refractivity contribution is 7.92. The fourth-order valence-corrected chi connectivity index (χ4v) is 4.80. The van der Waals surface area contributed by atoms with Crippen molar-refractivity contribution in [1.82, 2.24) is 4.31 Å². The van der Waals surface area contributed by atoms with Crippen LogP contribution in [0.1, 0.15) is 23.3 Å². The molecular formula is C18H20ClNO3S2. The molecule has 1 fully saturated rings. The van der Waals surface area contributed by atoms with Crippen LogP contribution in [0, 0.1) is 0 Å². The maximum absolute atomic E-state index is 12.8. The number of rotatable bonds is 7. The van der Waals surface area contributed by atoms with Crippen molar-refractivity contribution in [2.24, 2.45) is 0 Å². The number of ether oxygens (including phenoxy) is 1. The summed E-state index contributed by atoms with van der Waals surface area (Å²) < 4.78 is 32.8. The fraction of sp³-hybridized carbons (Fsp3) is 0.333. The first-order chi connectivity index (χ1) is 12.0. The number of thiophene rings is 1. The van der Waals surface area contributed by atoms with Crippen LogP contribution in [0.25, 0.3) is 6.08 Å². The summed E-state index contributed by atoms with van der Waals surface area (Å²) in [6, 6.07) is 10.9. The second-order valence-corrected chi connectivity index (χ2v) is 9.19. The van der Waals surface area contributed by atoms with Crippen LogP contribution in [0.5, 0.6) is 0 Å². The van der Waals surface area contributed by atoms with Gasteiger partial charge in [-0.2, -0.15) is 4.31 Å². The molecule has 1 saturated heterocycles. The predicted molar refractivity (Wildman–Crippen MR) is 103 cm³/mol. The molecule has 1 atom stereocenters. The van der Waals surface area contributed by atoms with E-state index < -0.39 is 10.0 Å². The van der Waals surface area contributed by atoms with Crippen molar-refractivity contribution >= 4 is 39.0 Å². The monoisotopic (exact) mass is 397 g/mol. The lowest BCUT2D eigenvalue weighted by atomic mass is 10.2. The number of hydrogen-bond acceptors (Lipinski definition) is 4. The Balaban J connectivity index is 1.77. The van der Waals surface area contributed by atoms with E-state index in [1.165, 1.54) is 9.71 Å². The first-order valence-corrected chi connectivity index (χ1v) is 10.9. The minimum atomic E-state index is -3.55. The summed E-state index contributed by atoms with van der Waals surface area (Å²) >= 11 is 7.42. The molecule has 1 aromatic carbocycles. The van der Waals surface area contributed by atoms with Crippen molar-refractivity contribution < 1.29 is 13.2 Å². The summed E-state index contributed by atoms with van der Waals surface area (Å²) in [6.45, 7) is 1.45. The van der Waals surface area contributed by atoms with Crippen LogP contribution in [0.4, 0.5) is 0 Å². The molecule has 0 unspecified atom stereocenters. The van der Waals surface area contributed by atoms with Gasteiger partial charge >= 0.3 is 0 Å². The van der Waals surface area contributed by atoms with Gasteiger partial charge in [0.05, 0.1) is 6.10 Å². The summed E-state index contributed by atoms with van der Waals surface area (Å²) in [5.41, 5.74) is 0.793. The zero-order chi connectivity index (χ0) is 17.7. The van der Waals surface area contributed by atoms with Crippen molar-refractivity contribution in [3.63, 3.8) is 0 Å². The smallest absolute Gasteiger partial charge is 0.236 e. The molecule has 0 bridgehead atoms. The highest BCUT2D eigenvalue weighted by atomic mass is 35.5. The van der Waals surface area contributed by atoms with Crippen LogP contribution in [-0.4, -0.2) is 32.0 Å². The van der Waals surface area contributed by atoms with E-state index in [1.807, 2.05) is 17.5 Å². The Hall–Kier alpha value is -1.18. The average Bonchev–Trinajstić information content (AvgIpc) is 3.28. The summed E-state index contributed by atoms with van der Waals surface area (Å²) in [6.07, 6.45) is 3.46. The molecule has 7 heteroatoms. The Morgan fingerprint density at radius 3 is 2.72 bits per heavy atom. The van der Waals surface area contributed by atoms with E-state index in [-0.39, 0.29) is 6.10 Å². The van der Waals surface area contributed by atoms with Crippen molar-refractivity contribution in [1.29, 1.82) is 0 Å². The van der Waals surface area contributed by atoms with Gasteiger partial charge in [0.1, 0.15) is 0 Å². The van der Waals surface area contributed by atoms with Crippen molar-refractivity contribution in [3.05, 3.63) is 62.6 Å².